The monoisotopic (exact) mass is 150 g/mol. The smallest absolute Gasteiger partial charge is 0.103 e. The lowest BCUT2D eigenvalue weighted by molar-refractivity contribution is -0.0338. The molecular weight excluding hydrogens is 136 g/mol. The van der Waals surface area contributed by atoms with Gasteiger partial charge in [0.1, 0.15) is 6.10 Å². The highest BCUT2D eigenvalue weighted by Crippen LogP contribution is 2.01. The van der Waals surface area contributed by atoms with E-state index in [4.69, 9.17) is 20.4 Å². The predicted molar refractivity (Wildman–Crippen MR) is 35.4 cm³/mol. The van der Waals surface area contributed by atoms with E-state index in [1.807, 2.05) is 0 Å². The van der Waals surface area contributed by atoms with Crippen LogP contribution in [0.3, 0.4) is 0 Å². The molecule has 0 aliphatic rings. The van der Waals surface area contributed by atoms with E-state index in [9.17, 15) is 0 Å². The van der Waals surface area contributed by atoms with Crippen molar-refractivity contribution >= 4 is 0 Å². The molecule has 0 aromatic carbocycles. The number of aliphatic hydroxyl groups is 4. The van der Waals surface area contributed by atoms with Gasteiger partial charge in [0.05, 0.1) is 18.8 Å². The van der Waals surface area contributed by atoms with Crippen molar-refractivity contribution < 1.29 is 20.4 Å². The molecule has 0 bridgehead atoms. The highest BCUT2D eigenvalue weighted by atomic mass is 16.4. The lowest BCUT2D eigenvalue weighted by atomic mass is 10.1. The second-order valence-corrected chi connectivity index (χ2v) is 2.40. The maximum Gasteiger partial charge on any atom is 0.103 e. The minimum absolute atomic E-state index is 0.0850. The van der Waals surface area contributed by atoms with E-state index in [2.05, 4.69) is 0 Å². The minimum atomic E-state index is -1.14. The van der Waals surface area contributed by atoms with Gasteiger partial charge in [0.2, 0.25) is 0 Å². The van der Waals surface area contributed by atoms with Gasteiger partial charge in [-0.2, -0.15) is 0 Å². The SMILES string of the molecule is C[C@H](O)C[C@@H](O)[C@H](O)CO. The molecule has 4 heteroatoms. The van der Waals surface area contributed by atoms with Crippen LogP contribution in [0.2, 0.25) is 0 Å². The number of hydrogen-bond acceptors (Lipinski definition) is 4. The van der Waals surface area contributed by atoms with Crippen LogP contribution in [0.5, 0.6) is 0 Å². The van der Waals surface area contributed by atoms with Crippen LogP contribution in [-0.2, 0) is 0 Å². The molecule has 0 aromatic heterocycles. The fourth-order valence-electron chi connectivity index (χ4n) is 0.628. The van der Waals surface area contributed by atoms with Gasteiger partial charge < -0.3 is 20.4 Å². The van der Waals surface area contributed by atoms with E-state index >= 15 is 0 Å². The maximum absolute atomic E-state index is 8.92. The van der Waals surface area contributed by atoms with Gasteiger partial charge in [0, 0.05) is 6.42 Å². The Balaban J connectivity index is 3.50. The molecule has 0 rings (SSSR count). The zero-order valence-corrected chi connectivity index (χ0v) is 5.94. The fraction of sp³-hybridized carbons (Fsp3) is 1.00. The van der Waals surface area contributed by atoms with E-state index in [0.29, 0.717) is 0 Å². The Bertz CT molecular complexity index is 83.8. The van der Waals surface area contributed by atoms with Crippen LogP contribution in [-0.4, -0.2) is 45.3 Å². The highest BCUT2D eigenvalue weighted by Gasteiger charge is 2.16. The Kier molecular flexibility index (Phi) is 4.55. The summed E-state index contributed by atoms with van der Waals surface area (Å²) in [5, 5.41) is 34.7. The van der Waals surface area contributed by atoms with Crippen LogP contribution in [0.1, 0.15) is 13.3 Å². The minimum Gasteiger partial charge on any atom is -0.394 e. The van der Waals surface area contributed by atoms with Gasteiger partial charge in [0.25, 0.3) is 0 Å². The highest BCUT2D eigenvalue weighted by molar-refractivity contribution is 4.67. The summed E-state index contributed by atoms with van der Waals surface area (Å²) in [5.41, 5.74) is 0. The topological polar surface area (TPSA) is 80.9 Å². The van der Waals surface area contributed by atoms with Crippen molar-refractivity contribution in [1.29, 1.82) is 0 Å². The normalized spacial score (nSPS) is 20.1. The summed E-state index contributed by atoms with van der Waals surface area (Å²) in [6.45, 7) is 1.03. The molecule has 0 aliphatic heterocycles. The summed E-state index contributed by atoms with van der Waals surface area (Å²) >= 11 is 0. The van der Waals surface area contributed by atoms with Crippen LogP contribution in [0, 0.1) is 0 Å². The molecule has 0 spiro atoms. The Morgan fingerprint density at radius 1 is 1.10 bits per heavy atom. The van der Waals surface area contributed by atoms with Crippen molar-refractivity contribution in [3.63, 3.8) is 0 Å². The molecule has 0 fully saturated rings. The Morgan fingerprint density at radius 3 is 1.90 bits per heavy atom. The zero-order chi connectivity index (χ0) is 8.15. The molecule has 0 radical (unpaired) electrons. The Labute approximate surface area is 59.7 Å². The van der Waals surface area contributed by atoms with Gasteiger partial charge in [-0.05, 0) is 6.92 Å². The van der Waals surface area contributed by atoms with Gasteiger partial charge in [-0.1, -0.05) is 0 Å². The van der Waals surface area contributed by atoms with E-state index in [1.54, 1.807) is 0 Å². The maximum atomic E-state index is 8.92. The molecule has 3 atom stereocenters. The third kappa shape index (κ3) is 3.79. The second kappa shape index (κ2) is 4.62. The first kappa shape index (κ1) is 9.84. The first-order valence-electron chi connectivity index (χ1n) is 3.23. The van der Waals surface area contributed by atoms with Gasteiger partial charge in [-0.25, -0.2) is 0 Å². The van der Waals surface area contributed by atoms with Gasteiger partial charge in [-0.3, -0.25) is 0 Å². The molecule has 0 saturated heterocycles. The number of aliphatic hydroxyl groups excluding tert-OH is 4. The molecule has 0 aliphatic carbocycles. The number of rotatable bonds is 4. The van der Waals surface area contributed by atoms with Gasteiger partial charge >= 0.3 is 0 Å². The lowest BCUT2D eigenvalue weighted by Gasteiger charge is -2.16. The summed E-state index contributed by atoms with van der Waals surface area (Å²) < 4.78 is 0. The zero-order valence-electron chi connectivity index (χ0n) is 5.94. The van der Waals surface area contributed by atoms with Crippen LogP contribution in [0.15, 0.2) is 0 Å². The first-order chi connectivity index (χ1) is 4.57. The molecule has 0 aromatic rings. The van der Waals surface area contributed by atoms with Crippen molar-refractivity contribution in [3.05, 3.63) is 0 Å². The van der Waals surface area contributed by atoms with E-state index in [-0.39, 0.29) is 6.42 Å². The molecule has 0 saturated carbocycles. The fourth-order valence-corrected chi connectivity index (χ4v) is 0.628. The van der Waals surface area contributed by atoms with Gasteiger partial charge in [-0.15, -0.1) is 0 Å². The van der Waals surface area contributed by atoms with E-state index in [1.165, 1.54) is 6.92 Å². The average Bonchev–Trinajstić information content (AvgIpc) is 1.85. The van der Waals surface area contributed by atoms with Crippen LogP contribution < -0.4 is 0 Å². The quantitative estimate of drug-likeness (QED) is 0.392. The summed E-state index contributed by atoms with van der Waals surface area (Å²) in [6, 6.07) is 0. The van der Waals surface area contributed by atoms with Crippen molar-refractivity contribution in [1.82, 2.24) is 0 Å². The summed E-state index contributed by atoms with van der Waals surface area (Å²) in [6.07, 6.45) is -2.75. The van der Waals surface area contributed by atoms with Crippen LogP contribution in [0.25, 0.3) is 0 Å². The largest absolute Gasteiger partial charge is 0.394 e. The standard InChI is InChI=1S/C6H14O4/c1-4(8)2-5(9)6(10)3-7/h4-10H,2-3H2,1H3/t4-,5+,6+/m0/s1. The Morgan fingerprint density at radius 2 is 1.60 bits per heavy atom. The van der Waals surface area contributed by atoms with Crippen molar-refractivity contribution in [2.24, 2.45) is 0 Å². The van der Waals surface area contributed by atoms with Crippen LogP contribution >= 0.6 is 0 Å². The summed E-state index contributed by atoms with van der Waals surface area (Å²) in [4.78, 5) is 0. The molecule has 0 heterocycles. The van der Waals surface area contributed by atoms with Crippen LogP contribution in [0.4, 0.5) is 0 Å². The van der Waals surface area contributed by atoms with E-state index in [0.717, 1.165) is 0 Å². The lowest BCUT2D eigenvalue weighted by Crippen LogP contribution is -2.31. The molecule has 0 amide bonds. The number of hydrogen-bond donors (Lipinski definition) is 4. The molecular formula is C6H14O4. The summed E-state index contributed by atoms with van der Waals surface area (Å²) in [7, 11) is 0. The molecule has 62 valence electrons. The molecule has 10 heavy (non-hydrogen) atoms. The average molecular weight is 150 g/mol. The summed E-state index contributed by atoms with van der Waals surface area (Å²) in [5.74, 6) is 0. The van der Waals surface area contributed by atoms with Crippen molar-refractivity contribution in [2.45, 2.75) is 31.7 Å². The molecule has 0 unspecified atom stereocenters. The third-order valence-corrected chi connectivity index (χ3v) is 1.21. The van der Waals surface area contributed by atoms with Crippen molar-refractivity contribution in [2.75, 3.05) is 6.61 Å². The third-order valence-electron chi connectivity index (χ3n) is 1.21. The Hall–Kier alpha value is -0.160. The second-order valence-electron chi connectivity index (χ2n) is 2.40. The van der Waals surface area contributed by atoms with Gasteiger partial charge in [0.15, 0.2) is 0 Å². The van der Waals surface area contributed by atoms with Crippen molar-refractivity contribution in [3.8, 4) is 0 Å². The first-order valence-corrected chi connectivity index (χ1v) is 3.23. The van der Waals surface area contributed by atoms with E-state index < -0.39 is 24.9 Å². The predicted octanol–water partition coefficient (Wildman–Crippen LogP) is -1.53. The molecule has 4 nitrogen and oxygen atoms in total. The molecule has 4 N–H and O–H groups in total.